The van der Waals surface area contributed by atoms with E-state index in [1.807, 2.05) is 0 Å². The molecule has 4 aromatic rings. The molecule has 2 aromatic heterocycles. The highest BCUT2D eigenvalue weighted by Gasteiger charge is 2.24. The van der Waals surface area contributed by atoms with E-state index in [0.29, 0.717) is 0 Å². The number of carbonyl (C=O) groups excluding carboxylic acids is 3. The van der Waals surface area contributed by atoms with Gasteiger partial charge in [-0.15, -0.1) is 0 Å². The van der Waals surface area contributed by atoms with Gasteiger partial charge in [0.2, 0.25) is 0 Å². The first-order valence-electron chi connectivity index (χ1n) is 11.7. The van der Waals surface area contributed by atoms with Crippen LogP contribution in [0.4, 0.5) is 24.1 Å². The molecule has 0 aliphatic heterocycles. The average Bonchev–Trinajstić information content (AvgIpc) is 2.91. The van der Waals surface area contributed by atoms with E-state index >= 15 is 0 Å². The third-order valence-electron chi connectivity index (χ3n) is 5.41. The maximum Gasteiger partial charge on any atom is 0.418 e. The van der Waals surface area contributed by atoms with Gasteiger partial charge in [0.25, 0.3) is 0 Å². The second-order valence-electron chi connectivity index (χ2n) is 7.87. The Bertz CT molecular complexity index is 1640. The highest BCUT2D eigenvalue weighted by Crippen LogP contribution is 2.34. The van der Waals surface area contributed by atoms with Crippen LogP contribution in [0.1, 0.15) is 24.2 Å². The molecule has 4 rings (SSSR count). The third kappa shape index (κ3) is 5.59. The summed E-state index contributed by atoms with van der Waals surface area (Å²) in [6, 6.07) is 9.80. The Balaban J connectivity index is 1.92. The number of rotatable bonds is 6. The zero-order chi connectivity index (χ0) is 28.1. The Morgan fingerprint density at radius 2 is 1.77 bits per heavy atom. The number of hydrogen-bond donors (Lipinski definition) is 1. The Morgan fingerprint density at radius 1 is 1.00 bits per heavy atom. The number of benzene rings is 2. The fraction of sp³-hybridized carbons (Fsp3) is 0.148. The quantitative estimate of drug-likeness (QED) is 0.265. The summed E-state index contributed by atoms with van der Waals surface area (Å²) in [5.74, 6) is -3.43. The van der Waals surface area contributed by atoms with Gasteiger partial charge in [-0.25, -0.2) is 27.7 Å². The van der Waals surface area contributed by atoms with Gasteiger partial charge in [0.15, 0.2) is 17.1 Å². The molecule has 0 aliphatic carbocycles. The Kier molecular flexibility index (Phi) is 7.94. The van der Waals surface area contributed by atoms with E-state index in [1.54, 1.807) is 19.9 Å². The standard InChI is InChI=1S/C27H21F2N3O7/c1-3-37-26(35)31-19-12-16(39-25(34)15-6-5-11-30-14-15)7-8-17(19)21-13-22(33)23-20(10-9-18(28)24(23)29)32(21)27(36)38-4-2/h5-14H,3-4H2,1-2H3,(H,31,35). The van der Waals surface area contributed by atoms with Crippen molar-refractivity contribution >= 4 is 34.7 Å². The van der Waals surface area contributed by atoms with E-state index in [1.165, 1.54) is 36.7 Å². The minimum atomic E-state index is -1.43. The van der Waals surface area contributed by atoms with Crippen molar-refractivity contribution in [1.82, 2.24) is 9.55 Å². The lowest BCUT2D eigenvalue weighted by Crippen LogP contribution is -2.22. The maximum atomic E-state index is 14.6. The number of pyridine rings is 2. The largest absolute Gasteiger partial charge is 0.450 e. The van der Waals surface area contributed by atoms with Gasteiger partial charge in [0.1, 0.15) is 5.75 Å². The molecule has 0 saturated heterocycles. The number of amides is 1. The number of halogens is 2. The molecule has 2 aromatic carbocycles. The van der Waals surface area contributed by atoms with Crippen LogP contribution in [0.3, 0.4) is 0 Å². The van der Waals surface area contributed by atoms with Crippen molar-refractivity contribution in [2.45, 2.75) is 13.8 Å². The van der Waals surface area contributed by atoms with Gasteiger partial charge < -0.3 is 14.2 Å². The van der Waals surface area contributed by atoms with Gasteiger partial charge in [-0.05, 0) is 50.2 Å². The van der Waals surface area contributed by atoms with Gasteiger partial charge in [-0.3, -0.25) is 15.1 Å². The number of fused-ring (bicyclic) bond motifs is 1. The van der Waals surface area contributed by atoms with Crippen LogP contribution in [-0.4, -0.2) is 40.9 Å². The number of carbonyl (C=O) groups is 3. The first kappa shape index (κ1) is 26.9. The van der Waals surface area contributed by atoms with Gasteiger partial charge in [-0.1, -0.05) is 0 Å². The molecule has 0 spiro atoms. The SMILES string of the molecule is CCOC(=O)Nc1cc(OC(=O)c2cccnc2)ccc1-c1cc(=O)c2c(F)c(F)ccc2n1C(=O)OCC. The van der Waals surface area contributed by atoms with Crippen LogP contribution in [0.15, 0.2) is 65.7 Å². The molecule has 200 valence electrons. The predicted molar refractivity (Wildman–Crippen MR) is 136 cm³/mol. The monoisotopic (exact) mass is 537 g/mol. The molecule has 0 bridgehead atoms. The van der Waals surface area contributed by atoms with E-state index in [4.69, 9.17) is 14.2 Å². The smallest absolute Gasteiger partial charge is 0.418 e. The van der Waals surface area contributed by atoms with Crippen LogP contribution >= 0.6 is 0 Å². The minimum Gasteiger partial charge on any atom is -0.450 e. The Labute approximate surface area is 219 Å². The number of ether oxygens (including phenoxy) is 3. The zero-order valence-electron chi connectivity index (χ0n) is 20.7. The van der Waals surface area contributed by atoms with E-state index in [2.05, 4.69) is 10.3 Å². The molecular weight excluding hydrogens is 516 g/mol. The summed E-state index contributed by atoms with van der Waals surface area (Å²) < 4.78 is 44.9. The molecule has 0 atom stereocenters. The van der Waals surface area contributed by atoms with E-state index in [0.717, 1.165) is 22.8 Å². The molecule has 0 aliphatic rings. The summed E-state index contributed by atoms with van der Waals surface area (Å²) in [6.07, 6.45) is 0.926. The summed E-state index contributed by atoms with van der Waals surface area (Å²) in [5, 5.41) is 1.82. The van der Waals surface area contributed by atoms with Crippen molar-refractivity contribution in [3.8, 4) is 17.0 Å². The highest BCUT2D eigenvalue weighted by molar-refractivity contribution is 5.98. The van der Waals surface area contributed by atoms with Crippen molar-refractivity contribution in [3.05, 3.63) is 88.3 Å². The van der Waals surface area contributed by atoms with Gasteiger partial charge in [-0.2, -0.15) is 0 Å². The van der Waals surface area contributed by atoms with E-state index in [-0.39, 0.29) is 47.0 Å². The first-order chi connectivity index (χ1) is 18.7. The summed E-state index contributed by atoms with van der Waals surface area (Å²) in [6.45, 7) is 3.10. The van der Waals surface area contributed by atoms with Crippen LogP contribution < -0.4 is 15.5 Å². The van der Waals surface area contributed by atoms with Crippen LogP contribution in [0, 0.1) is 11.6 Å². The van der Waals surface area contributed by atoms with Crippen molar-refractivity contribution in [1.29, 1.82) is 0 Å². The second-order valence-corrected chi connectivity index (χ2v) is 7.87. The average molecular weight is 537 g/mol. The number of nitrogens with zero attached hydrogens (tertiary/aromatic N) is 2. The van der Waals surface area contributed by atoms with Crippen molar-refractivity contribution < 1.29 is 37.4 Å². The Hall–Kier alpha value is -5.13. The van der Waals surface area contributed by atoms with Crippen LogP contribution in [-0.2, 0) is 9.47 Å². The predicted octanol–water partition coefficient (Wildman–Crippen LogP) is 5.13. The second kappa shape index (κ2) is 11.5. The molecule has 10 nitrogen and oxygen atoms in total. The normalized spacial score (nSPS) is 10.7. The summed E-state index contributed by atoms with van der Waals surface area (Å²) in [4.78, 5) is 54.6. The van der Waals surface area contributed by atoms with Crippen LogP contribution in [0.25, 0.3) is 22.2 Å². The maximum absolute atomic E-state index is 14.6. The first-order valence-corrected chi connectivity index (χ1v) is 11.7. The minimum absolute atomic E-state index is 0.00154. The molecule has 0 saturated carbocycles. The fourth-order valence-electron chi connectivity index (χ4n) is 3.77. The highest BCUT2D eigenvalue weighted by atomic mass is 19.2. The summed E-state index contributed by atoms with van der Waals surface area (Å²) >= 11 is 0. The van der Waals surface area contributed by atoms with Gasteiger partial charge in [0.05, 0.1) is 41.1 Å². The topological polar surface area (TPSA) is 126 Å². The third-order valence-corrected chi connectivity index (χ3v) is 5.41. The van der Waals surface area contributed by atoms with Crippen molar-refractivity contribution in [3.63, 3.8) is 0 Å². The Morgan fingerprint density at radius 3 is 2.46 bits per heavy atom. The summed E-state index contributed by atoms with van der Waals surface area (Å²) in [5.41, 5.74) is -1.07. The molecule has 0 unspecified atom stereocenters. The summed E-state index contributed by atoms with van der Waals surface area (Å²) in [7, 11) is 0. The number of anilines is 1. The molecule has 0 radical (unpaired) electrons. The number of aromatic nitrogens is 2. The molecule has 12 heteroatoms. The number of hydrogen-bond acceptors (Lipinski definition) is 8. The number of esters is 1. The molecule has 2 heterocycles. The zero-order valence-corrected chi connectivity index (χ0v) is 20.7. The van der Waals surface area contributed by atoms with Crippen LogP contribution in [0.2, 0.25) is 0 Å². The molecule has 1 amide bonds. The number of nitrogens with one attached hydrogen (secondary N) is 1. The van der Waals surface area contributed by atoms with E-state index < -0.39 is 40.6 Å². The molecule has 0 fully saturated rings. The fourth-order valence-corrected chi connectivity index (χ4v) is 3.77. The molecule has 1 N–H and O–H groups in total. The van der Waals surface area contributed by atoms with E-state index in [9.17, 15) is 28.0 Å². The van der Waals surface area contributed by atoms with Gasteiger partial charge in [0, 0.05) is 30.1 Å². The lowest BCUT2D eigenvalue weighted by molar-refractivity contribution is 0.0734. The van der Waals surface area contributed by atoms with Gasteiger partial charge >= 0.3 is 18.2 Å². The van der Waals surface area contributed by atoms with Crippen molar-refractivity contribution in [2.75, 3.05) is 18.5 Å². The lowest BCUT2D eigenvalue weighted by Gasteiger charge is -2.19. The molecule has 39 heavy (non-hydrogen) atoms. The van der Waals surface area contributed by atoms with Crippen LogP contribution in [0.5, 0.6) is 5.75 Å². The van der Waals surface area contributed by atoms with Crippen molar-refractivity contribution in [2.24, 2.45) is 0 Å². The molecular formula is C27H21F2N3O7. The lowest BCUT2D eigenvalue weighted by atomic mass is 10.0.